The van der Waals surface area contributed by atoms with Gasteiger partial charge in [0.15, 0.2) is 11.0 Å². The highest BCUT2D eigenvalue weighted by Crippen LogP contribution is 2.24. The Labute approximate surface area is 169 Å². The average Bonchev–Trinajstić information content (AvgIpc) is 3.10. The summed E-state index contributed by atoms with van der Waals surface area (Å²) in [6, 6.07) is 14.1. The summed E-state index contributed by atoms with van der Waals surface area (Å²) < 4.78 is 2.04. The molecular weight excluding hydrogens is 370 g/mol. The van der Waals surface area contributed by atoms with Crippen molar-refractivity contribution in [2.45, 2.75) is 38.5 Å². The molecule has 1 aromatic carbocycles. The zero-order valence-electron chi connectivity index (χ0n) is 16.4. The Morgan fingerprint density at radius 1 is 1.11 bits per heavy atom. The molecule has 0 fully saturated rings. The second kappa shape index (κ2) is 9.50. The Hall–Kier alpha value is -2.67. The van der Waals surface area contributed by atoms with Crippen LogP contribution in [0, 0.1) is 5.92 Å². The Balaban J connectivity index is 1.80. The van der Waals surface area contributed by atoms with Gasteiger partial charge in [0.05, 0.1) is 12.3 Å². The van der Waals surface area contributed by atoms with Gasteiger partial charge in [-0.2, -0.15) is 0 Å². The molecule has 1 atom stereocenters. The van der Waals surface area contributed by atoms with Gasteiger partial charge in [0.2, 0.25) is 5.91 Å². The van der Waals surface area contributed by atoms with E-state index in [0.29, 0.717) is 18.2 Å². The highest BCUT2D eigenvalue weighted by molar-refractivity contribution is 7.99. The van der Waals surface area contributed by atoms with Gasteiger partial charge in [-0.1, -0.05) is 55.9 Å². The summed E-state index contributed by atoms with van der Waals surface area (Å²) in [6.45, 7) is 6.83. The van der Waals surface area contributed by atoms with Crippen molar-refractivity contribution in [3.05, 3.63) is 60.4 Å². The summed E-state index contributed by atoms with van der Waals surface area (Å²) in [5.74, 6) is 1.45. The number of hydrogen-bond acceptors (Lipinski definition) is 5. The summed E-state index contributed by atoms with van der Waals surface area (Å²) in [5, 5.41) is 12.5. The van der Waals surface area contributed by atoms with Crippen LogP contribution in [0.25, 0.3) is 11.4 Å². The second-order valence-electron chi connectivity index (χ2n) is 7.01. The number of carbonyl (C=O) groups excluding carboxylic acids is 1. The predicted octanol–water partition coefficient (Wildman–Crippen LogP) is 3.64. The van der Waals surface area contributed by atoms with Crippen LogP contribution in [-0.4, -0.2) is 37.5 Å². The van der Waals surface area contributed by atoms with Crippen molar-refractivity contribution >= 4 is 17.7 Å². The van der Waals surface area contributed by atoms with Gasteiger partial charge in [0.25, 0.3) is 0 Å². The van der Waals surface area contributed by atoms with E-state index >= 15 is 0 Å². The molecule has 0 aliphatic carbocycles. The first-order chi connectivity index (χ1) is 13.5. The van der Waals surface area contributed by atoms with Gasteiger partial charge in [0.1, 0.15) is 0 Å². The number of rotatable bonds is 8. The monoisotopic (exact) mass is 395 g/mol. The van der Waals surface area contributed by atoms with Crippen LogP contribution in [0.2, 0.25) is 0 Å². The van der Waals surface area contributed by atoms with Crippen molar-refractivity contribution < 1.29 is 4.79 Å². The van der Waals surface area contributed by atoms with Crippen LogP contribution in [0.5, 0.6) is 0 Å². The van der Waals surface area contributed by atoms with Crippen molar-refractivity contribution in [1.82, 2.24) is 25.1 Å². The highest BCUT2D eigenvalue weighted by Gasteiger charge is 2.17. The average molecular weight is 396 g/mol. The quantitative estimate of drug-likeness (QED) is 0.590. The van der Waals surface area contributed by atoms with Gasteiger partial charge < -0.3 is 5.32 Å². The number of nitrogens with zero attached hydrogens (tertiary/aromatic N) is 4. The Morgan fingerprint density at radius 3 is 2.57 bits per heavy atom. The first-order valence-corrected chi connectivity index (χ1v) is 10.3. The Kier molecular flexibility index (Phi) is 6.81. The minimum Gasteiger partial charge on any atom is -0.353 e. The molecule has 146 valence electrons. The fourth-order valence-electron chi connectivity index (χ4n) is 2.60. The van der Waals surface area contributed by atoms with Gasteiger partial charge >= 0.3 is 0 Å². The maximum absolute atomic E-state index is 12.3. The minimum atomic E-state index is 0.00314. The number of benzene rings is 1. The molecule has 0 bridgehead atoms. The van der Waals surface area contributed by atoms with E-state index in [0.717, 1.165) is 22.1 Å². The lowest BCUT2D eigenvalue weighted by atomic mass is 10.1. The molecule has 0 spiro atoms. The summed E-state index contributed by atoms with van der Waals surface area (Å²) in [6.07, 6.45) is 3.51. The number of hydrogen-bond donors (Lipinski definition) is 1. The van der Waals surface area contributed by atoms with E-state index in [1.165, 1.54) is 11.8 Å². The van der Waals surface area contributed by atoms with Gasteiger partial charge in [-0.15, -0.1) is 10.2 Å². The first-order valence-electron chi connectivity index (χ1n) is 9.34. The van der Waals surface area contributed by atoms with Crippen LogP contribution in [0.4, 0.5) is 0 Å². The van der Waals surface area contributed by atoms with Crippen LogP contribution in [0.15, 0.2) is 60.0 Å². The topological polar surface area (TPSA) is 72.7 Å². The van der Waals surface area contributed by atoms with Crippen LogP contribution in [0.1, 0.15) is 26.3 Å². The lowest BCUT2D eigenvalue weighted by Crippen LogP contribution is -2.37. The van der Waals surface area contributed by atoms with Gasteiger partial charge in [-0.3, -0.25) is 14.3 Å². The number of nitrogens with one attached hydrogen (secondary N) is 1. The largest absolute Gasteiger partial charge is 0.353 e. The normalized spacial score (nSPS) is 12.1. The van der Waals surface area contributed by atoms with Crippen LogP contribution < -0.4 is 5.32 Å². The molecule has 7 heteroatoms. The molecule has 2 aromatic heterocycles. The van der Waals surface area contributed by atoms with E-state index in [9.17, 15) is 4.79 Å². The fraction of sp³-hybridized carbons (Fsp3) is 0.333. The molecule has 0 radical (unpaired) electrons. The lowest BCUT2D eigenvalue weighted by Gasteiger charge is -2.17. The van der Waals surface area contributed by atoms with Gasteiger partial charge in [0, 0.05) is 24.0 Å². The second-order valence-corrected chi connectivity index (χ2v) is 7.95. The maximum Gasteiger partial charge on any atom is 0.230 e. The molecule has 2 heterocycles. The Morgan fingerprint density at radius 2 is 1.89 bits per heavy atom. The SMILES string of the molecule is CC(C)C(C)NC(=O)CSc1nnc(-c2cccnc2)n1Cc1ccccc1. The Bertz CT molecular complexity index is 896. The van der Waals surface area contributed by atoms with E-state index in [4.69, 9.17) is 0 Å². The molecule has 28 heavy (non-hydrogen) atoms. The predicted molar refractivity (Wildman–Crippen MR) is 112 cm³/mol. The molecule has 3 aromatic rings. The number of pyridine rings is 1. The third kappa shape index (κ3) is 5.19. The lowest BCUT2D eigenvalue weighted by molar-refractivity contribution is -0.119. The van der Waals surface area contributed by atoms with Gasteiger partial charge in [-0.25, -0.2) is 0 Å². The van der Waals surface area contributed by atoms with E-state index in [2.05, 4.69) is 46.5 Å². The zero-order chi connectivity index (χ0) is 19.9. The smallest absolute Gasteiger partial charge is 0.230 e. The van der Waals surface area contributed by atoms with E-state index in [1.54, 1.807) is 12.4 Å². The highest BCUT2D eigenvalue weighted by atomic mass is 32.2. The standard InChI is InChI=1S/C21H25N5OS/c1-15(2)16(3)23-19(27)14-28-21-25-24-20(18-10-7-11-22-12-18)26(21)13-17-8-5-4-6-9-17/h4-12,15-16H,13-14H2,1-3H3,(H,23,27). The molecule has 1 unspecified atom stereocenters. The molecule has 6 nitrogen and oxygen atoms in total. The van der Waals surface area contributed by atoms with E-state index in [1.807, 2.05) is 41.8 Å². The van der Waals surface area contributed by atoms with Crippen molar-refractivity contribution in [2.75, 3.05) is 5.75 Å². The van der Waals surface area contributed by atoms with E-state index < -0.39 is 0 Å². The fourth-order valence-corrected chi connectivity index (χ4v) is 3.35. The molecule has 0 aliphatic rings. The van der Waals surface area contributed by atoms with Crippen molar-refractivity contribution in [1.29, 1.82) is 0 Å². The zero-order valence-corrected chi connectivity index (χ0v) is 17.2. The first kappa shape index (κ1) is 20.1. The third-order valence-electron chi connectivity index (χ3n) is 4.54. The van der Waals surface area contributed by atoms with Crippen molar-refractivity contribution in [3.8, 4) is 11.4 Å². The van der Waals surface area contributed by atoms with Gasteiger partial charge in [-0.05, 0) is 30.5 Å². The number of amides is 1. The van der Waals surface area contributed by atoms with Crippen molar-refractivity contribution in [2.24, 2.45) is 5.92 Å². The number of thioether (sulfide) groups is 1. The minimum absolute atomic E-state index is 0.00314. The summed E-state index contributed by atoms with van der Waals surface area (Å²) in [5.41, 5.74) is 2.04. The molecule has 0 saturated carbocycles. The molecule has 0 saturated heterocycles. The summed E-state index contributed by atoms with van der Waals surface area (Å²) in [4.78, 5) is 16.5. The van der Waals surface area contributed by atoms with Crippen LogP contribution >= 0.6 is 11.8 Å². The van der Waals surface area contributed by atoms with Crippen molar-refractivity contribution in [3.63, 3.8) is 0 Å². The molecule has 0 aliphatic heterocycles. The molecule has 1 N–H and O–H groups in total. The maximum atomic E-state index is 12.3. The van der Waals surface area contributed by atoms with Crippen LogP contribution in [-0.2, 0) is 11.3 Å². The summed E-state index contributed by atoms with van der Waals surface area (Å²) >= 11 is 1.40. The third-order valence-corrected chi connectivity index (χ3v) is 5.51. The molecule has 1 amide bonds. The number of carbonyl (C=O) groups is 1. The van der Waals surface area contributed by atoms with E-state index in [-0.39, 0.29) is 11.9 Å². The van der Waals surface area contributed by atoms with Crippen LogP contribution in [0.3, 0.4) is 0 Å². The molecule has 3 rings (SSSR count). The number of aromatic nitrogens is 4. The molecular formula is C21H25N5OS. The summed E-state index contributed by atoms with van der Waals surface area (Å²) in [7, 11) is 0.